The number of benzene rings is 2. The number of fused-ring (bicyclic) bond motifs is 1. The summed E-state index contributed by atoms with van der Waals surface area (Å²) in [7, 11) is 0. The first-order valence-electron chi connectivity index (χ1n) is 9.08. The van der Waals surface area contributed by atoms with Crippen molar-refractivity contribution in [3.8, 4) is 5.75 Å². The van der Waals surface area contributed by atoms with Crippen molar-refractivity contribution in [2.24, 2.45) is 0 Å². The van der Waals surface area contributed by atoms with Crippen LogP contribution in [0.3, 0.4) is 0 Å². The largest absolute Gasteiger partial charge is 0.508 e. The maximum atomic E-state index is 10.8. The third-order valence-corrected chi connectivity index (χ3v) is 5.79. The third-order valence-electron chi connectivity index (χ3n) is 5.40. The van der Waals surface area contributed by atoms with E-state index in [1.54, 1.807) is 12.1 Å². The van der Waals surface area contributed by atoms with E-state index < -0.39 is 17.4 Å². The van der Waals surface area contributed by atoms with Crippen LogP contribution in [0.25, 0.3) is 0 Å². The van der Waals surface area contributed by atoms with Crippen LogP contribution in [0, 0.1) is 0 Å². The Morgan fingerprint density at radius 3 is 2.44 bits per heavy atom. The minimum Gasteiger partial charge on any atom is -0.508 e. The average molecular weight is 391 g/mol. The molecule has 2 aromatic carbocycles. The van der Waals surface area contributed by atoms with E-state index >= 15 is 0 Å². The summed E-state index contributed by atoms with van der Waals surface area (Å²) >= 11 is -2.16. The number of aromatic hydroxyl groups is 1. The number of hydrogen-bond acceptors (Lipinski definition) is 4. The molecule has 6 nitrogen and oxygen atoms in total. The lowest BCUT2D eigenvalue weighted by molar-refractivity contribution is 0.155. The Morgan fingerprint density at radius 2 is 1.85 bits per heavy atom. The first-order chi connectivity index (χ1) is 12.9. The second-order valence-electron chi connectivity index (χ2n) is 7.11. The summed E-state index contributed by atoms with van der Waals surface area (Å²) in [6.45, 7) is 2.59. The minimum absolute atomic E-state index is 0.0214. The number of hydrogen-bond donors (Lipinski definition) is 5. The van der Waals surface area contributed by atoms with Crippen molar-refractivity contribution in [2.75, 3.05) is 6.54 Å². The van der Waals surface area contributed by atoms with Gasteiger partial charge in [0, 0.05) is 24.2 Å². The molecule has 0 amide bonds. The highest BCUT2D eigenvalue weighted by molar-refractivity contribution is 7.77. The second kappa shape index (κ2) is 8.50. The van der Waals surface area contributed by atoms with Gasteiger partial charge in [0.05, 0.1) is 6.10 Å². The quantitative estimate of drug-likeness (QED) is 0.445. The molecule has 1 aliphatic carbocycles. The Labute approximate surface area is 162 Å². The van der Waals surface area contributed by atoms with Gasteiger partial charge in [-0.15, -0.1) is 0 Å². The molecule has 0 aromatic heterocycles. The van der Waals surface area contributed by atoms with E-state index in [0.29, 0.717) is 17.7 Å². The number of nitrogens with one attached hydrogen (secondary N) is 2. The molecule has 0 radical (unpaired) electrons. The molecule has 0 heterocycles. The zero-order valence-electron chi connectivity index (χ0n) is 15.3. The topological polar surface area (TPSA) is 102 Å². The fourth-order valence-corrected chi connectivity index (χ4v) is 4.00. The molecule has 146 valence electrons. The number of phenols is 1. The third kappa shape index (κ3) is 4.75. The standard InChI is InChI=1S/C20H26N2O4S/c1-2-20(10-15-5-3-4-6-16(15)11-20)21-13-19(24)14-7-8-18(23)17(9-14)12-22-27(25)26/h3-9,19,21-24H,2,10-13H2,1H3,(H,25,26). The van der Waals surface area contributed by atoms with Crippen LogP contribution in [-0.4, -0.2) is 31.1 Å². The first-order valence-corrected chi connectivity index (χ1v) is 10.2. The molecule has 27 heavy (non-hydrogen) atoms. The summed E-state index contributed by atoms with van der Waals surface area (Å²) < 4.78 is 22.0. The summed E-state index contributed by atoms with van der Waals surface area (Å²) in [5, 5.41) is 24.1. The smallest absolute Gasteiger partial charge is 0.232 e. The number of phenolic OH excluding ortho intramolecular Hbond substituents is 1. The van der Waals surface area contributed by atoms with Crippen molar-refractivity contribution >= 4 is 11.3 Å². The number of β-amino-alcohol motifs (C(OH)–C–C–N with tert-alkyl or cyclic N) is 1. The van der Waals surface area contributed by atoms with Gasteiger partial charge in [0.15, 0.2) is 0 Å². The highest BCUT2D eigenvalue weighted by Crippen LogP contribution is 2.33. The van der Waals surface area contributed by atoms with Gasteiger partial charge in [-0.25, -0.2) is 8.93 Å². The predicted octanol–water partition coefficient (Wildman–Crippen LogP) is 2.19. The fourth-order valence-electron chi connectivity index (χ4n) is 3.72. The van der Waals surface area contributed by atoms with E-state index in [2.05, 4.69) is 41.2 Å². The number of aliphatic hydroxyl groups is 1. The molecule has 0 saturated carbocycles. The number of rotatable bonds is 8. The van der Waals surface area contributed by atoms with Gasteiger partial charge < -0.3 is 15.5 Å². The highest BCUT2D eigenvalue weighted by atomic mass is 32.2. The Hall–Kier alpha value is -1.77. The molecular weight excluding hydrogens is 364 g/mol. The van der Waals surface area contributed by atoms with Crippen LogP contribution in [0.1, 0.15) is 41.7 Å². The molecule has 1 aliphatic rings. The van der Waals surface area contributed by atoms with E-state index in [1.165, 1.54) is 17.2 Å². The molecule has 7 heteroatoms. The Bertz CT molecular complexity index is 802. The molecule has 0 saturated heterocycles. The van der Waals surface area contributed by atoms with Crippen LogP contribution in [0.5, 0.6) is 5.75 Å². The Kier molecular flexibility index (Phi) is 6.29. The summed E-state index contributed by atoms with van der Waals surface area (Å²) in [5.41, 5.74) is 3.78. The monoisotopic (exact) mass is 390 g/mol. The Balaban J connectivity index is 1.66. The van der Waals surface area contributed by atoms with Gasteiger partial charge in [0.2, 0.25) is 11.3 Å². The molecule has 0 fully saturated rings. The zero-order chi connectivity index (χ0) is 19.4. The van der Waals surface area contributed by atoms with Gasteiger partial charge in [-0.3, -0.25) is 4.55 Å². The van der Waals surface area contributed by atoms with E-state index in [-0.39, 0.29) is 17.8 Å². The highest BCUT2D eigenvalue weighted by Gasteiger charge is 2.35. The molecular formula is C20H26N2O4S. The van der Waals surface area contributed by atoms with Crippen molar-refractivity contribution in [2.45, 2.75) is 44.4 Å². The van der Waals surface area contributed by atoms with E-state index in [0.717, 1.165) is 19.3 Å². The van der Waals surface area contributed by atoms with E-state index in [4.69, 9.17) is 4.55 Å². The van der Waals surface area contributed by atoms with Crippen LogP contribution in [0.15, 0.2) is 42.5 Å². The van der Waals surface area contributed by atoms with E-state index in [1.807, 2.05) is 0 Å². The second-order valence-corrected chi connectivity index (χ2v) is 7.90. The lowest BCUT2D eigenvalue weighted by Crippen LogP contribution is -2.47. The van der Waals surface area contributed by atoms with Crippen LogP contribution in [-0.2, 0) is 30.7 Å². The van der Waals surface area contributed by atoms with Gasteiger partial charge in [0.1, 0.15) is 5.75 Å². The average Bonchev–Trinajstić information content (AvgIpc) is 3.04. The molecule has 5 N–H and O–H groups in total. The van der Waals surface area contributed by atoms with Gasteiger partial charge >= 0.3 is 0 Å². The van der Waals surface area contributed by atoms with Crippen molar-refractivity contribution in [1.82, 2.24) is 10.0 Å². The predicted molar refractivity (Wildman–Crippen MR) is 106 cm³/mol. The van der Waals surface area contributed by atoms with Crippen molar-refractivity contribution in [3.05, 3.63) is 64.7 Å². The molecule has 2 unspecified atom stereocenters. The van der Waals surface area contributed by atoms with Gasteiger partial charge in [-0.1, -0.05) is 37.3 Å². The normalized spacial score (nSPS) is 17.4. The lowest BCUT2D eigenvalue weighted by atomic mass is 9.92. The van der Waals surface area contributed by atoms with Crippen LogP contribution < -0.4 is 10.0 Å². The van der Waals surface area contributed by atoms with Gasteiger partial charge in [-0.05, 0) is 48.1 Å². The number of aliphatic hydroxyl groups excluding tert-OH is 1. The maximum Gasteiger partial charge on any atom is 0.232 e. The molecule has 3 rings (SSSR count). The van der Waals surface area contributed by atoms with Crippen LogP contribution in [0.2, 0.25) is 0 Å². The molecule has 0 aliphatic heterocycles. The zero-order valence-corrected chi connectivity index (χ0v) is 16.1. The van der Waals surface area contributed by atoms with Crippen molar-refractivity contribution in [3.63, 3.8) is 0 Å². The maximum absolute atomic E-state index is 10.8. The summed E-state index contributed by atoms with van der Waals surface area (Å²) in [5.74, 6) is 0.0214. The first kappa shape index (κ1) is 20.0. The molecule has 0 spiro atoms. The summed E-state index contributed by atoms with van der Waals surface area (Å²) in [6, 6.07) is 13.3. The minimum atomic E-state index is -2.16. The fraction of sp³-hybridized carbons (Fsp3) is 0.400. The molecule has 2 aromatic rings. The molecule has 2 atom stereocenters. The van der Waals surface area contributed by atoms with Crippen molar-refractivity contribution in [1.29, 1.82) is 0 Å². The summed E-state index contributed by atoms with van der Waals surface area (Å²) in [4.78, 5) is 0. The van der Waals surface area contributed by atoms with Crippen LogP contribution in [0.4, 0.5) is 0 Å². The van der Waals surface area contributed by atoms with Crippen LogP contribution >= 0.6 is 0 Å². The Morgan fingerprint density at radius 1 is 1.19 bits per heavy atom. The van der Waals surface area contributed by atoms with Gasteiger partial charge in [-0.2, -0.15) is 0 Å². The van der Waals surface area contributed by atoms with E-state index in [9.17, 15) is 14.4 Å². The van der Waals surface area contributed by atoms with Gasteiger partial charge in [0.25, 0.3) is 0 Å². The molecule has 0 bridgehead atoms. The summed E-state index contributed by atoms with van der Waals surface area (Å²) in [6.07, 6.45) is 2.11. The van der Waals surface area contributed by atoms with Crippen molar-refractivity contribution < 1.29 is 19.0 Å². The SMILES string of the molecule is CCC1(NCC(O)c2ccc(O)c(CNS(=O)O)c2)Cc2ccccc2C1. The lowest BCUT2D eigenvalue weighted by Gasteiger charge is -2.30.